The molecule has 4 aliphatic carbocycles. The van der Waals surface area contributed by atoms with E-state index in [1.54, 1.807) is 0 Å². The fraction of sp³-hybridized carbons (Fsp3) is 0.867. The standard InChI is InChI=1S/C15H22O5/c1-9(16)20-13-11-3-10-4-12(13)7-15(5-10,6-11)14(17)19-8-18-2/h10-13H,3-8H2,1-2H3. The first-order valence-electron chi connectivity index (χ1n) is 7.37. The zero-order chi connectivity index (χ0) is 14.3. The topological polar surface area (TPSA) is 61.8 Å². The molecule has 2 unspecified atom stereocenters. The molecular formula is C15H22O5. The largest absolute Gasteiger partial charge is 0.462 e. The molecule has 0 aromatic carbocycles. The first kappa shape index (κ1) is 13.9. The number of rotatable bonds is 4. The van der Waals surface area contributed by atoms with Gasteiger partial charge in [0, 0.05) is 14.0 Å². The summed E-state index contributed by atoms with van der Waals surface area (Å²) in [6.45, 7) is 1.49. The Balaban J connectivity index is 1.75. The molecule has 20 heavy (non-hydrogen) atoms. The minimum Gasteiger partial charge on any atom is -0.462 e. The van der Waals surface area contributed by atoms with Crippen LogP contribution in [0.2, 0.25) is 0 Å². The zero-order valence-corrected chi connectivity index (χ0v) is 12.1. The molecule has 112 valence electrons. The van der Waals surface area contributed by atoms with Crippen LogP contribution >= 0.6 is 0 Å². The van der Waals surface area contributed by atoms with Crippen molar-refractivity contribution in [1.82, 2.24) is 0 Å². The maximum Gasteiger partial charge on any atom is 0.314 e. The first-order chi connectivity index (χ1) is 9.54. The van der Waals surface area contributed by atoms with Crippen LogP contribution in [-0.4, -0.2) is 31.9 Å². The predicted octanol–water partition coefficient (Wildman–Crippen LogP) is 1.89. The van der Waals surface area contributed by atoms with Gasteiger partial charge in [-0.3, -0.25) is 9.59 Å². The second-order valence-electron chi connectivity index (χ2n) is 6.66. The van der Waals surface area contributed by atoms with Crippen LogP contribution in [0.1, 0.15) is 39.0 Å². The van der Waals surface area contributed by atoms with E-state index in [-0.39, 0.29) is 30.3 Å². The summed E-state index contributed by atoms with van der Waals surface area (Å²) in [4.78, 5) is 23.6. The van der Waals surface area contributed by atoms with Crippen LogP contribution in [-0.2, 0) is 23.8 Å². The quantitative estimate of drug-likeness (QED) is 0.582. The van der Waals surface area contributed by atoms with Crippen LogP contribution in [0.15, 0.2) is 0 Å². The highest BCUT2D eigenvalue weighted by Gasteiger charge is 2.60. The maximum atomic E-state index is 12.4. The van der Waals surface area contributed by atoms with E-state index in [2.05, 4.69) is 0 Å². The molecule has 0 aromatic heterocycles. The summed E-state index contributed by atoms with van der Waals surface area (Å²) < 4.78 is 15.6. The van der Waals surface area contributed by atoms with Crippen LogP contribution in [0.3, 0.4) is 0 Å². The molecule has 4 bridgehead atoms. The first-order valence-corrected chi connectivity index (χ1v) is 7.37. The number of carbonyl (C=O) groups excluding carboxylic acids is 2. The average molecular weight is 282 g/mol. The number of ether oxygens (including phenoxy) is 3. The summed E-state index contributed by atoms with van der Waals surface area (Å²) in [6, 6.07) is 0. The molecule has 0 saturated heterocycles. The lowest BCUT2D eigenvalue weighted by atomic mass is 9.48. The van der Waals surface area contributed by atoms with Gasteiger partial charge in [-0.05, 0) is 49.9 Å². The highest BCUT2D eigenvalue weighted by Crippen LogP contribution is 2.61. The summed E-state index contributed by atoms with van der Waals surface area (Å²) in [5, 5.41) is 0. The lowest BCUT2D eigenvalue weighted by Crippen LogP contribution is -2.57. The van der Waals surface area contributed by atoms with Gasteiger partial charge in [0.2, 0.25) is 0 Å². The van der Waals surface area contributed by atoms with E-state index < -0.39 is 0 Å². The Morgan fingerprint density at radius 3 is 2.35 bits per heavy atom. The summed E-state index contributed by atoms with van der Waals surface area (Å²) in [5.74, 6) is 0.883. The van der Waals surface area contributed by atoms with Crippen molar-refractivity contribution in [3.63, 3.8) is 0 Å². The van der Waals surface area contributed by atoms with Crippen LogP contribution in [0.25, 0.3) is 0 Å². The molecule has 5 heteroatoms. The summed E-state index contributed by atoms with van der Waals surface area (Å²) >= 11 is 0. The smallest absolute Gasteiger partial charge is 0.314 e. The van der Waals surface area contributed by atoms with E-state index in [9.17, 15) is 9.59 Å². The number of hydrogen-bond donors (Lipinski definition) is 0. The molecule has 0 aliphatic heterocycles. The maximum absolute atomic E-state index is 12.4. The second-order valence-corrected chi connectivity index (χ2v) is 6.66. The molecular weight excluding hydrogens is 260 g/mol. The van der Waals surface area contributed by atoms with Gasteiger partial charge in [-0.1, -0.05) is 0 Å². The Morgan fingerprint density at radius 1 is 1.15 bits per heavy atom. The third kappa shape index (κ3) is 2.22. The summed E-state index contributed by atoms with van der Waals surface area (Å²) in [6.07, 6.45) is 4.67. The van der Waals surface area contributed by atoms with Crippen LogP contribution in [0.4, 0.5) is 0 Å². The second kappa shape index (κ2) is 5.02. The van der Waals surface area contributed by atoms with Crippen molar-refractivity contribution in [2.45, 2.75) is 45.1 Å². The zero-order valence-electron chi connectivity index (χ0n) is 12.1. The van der Waals surface area contributed by atoms with Gasteiger partial charge in [-0.15, -0.1) is 0 Å². The summed E-state index contributed by atoms with van der Waals surface area (Å²) in [5.41, 5.74) is -0.355. The third-order valence-electron chi connectivity index (χ3n) is 5.23. The molecule has 0 amide bonds. The molecule has 2 atom stereocenters. The lowest BCUT2D eigenvalue weighted by Gasteiger charge is -2.57. The molecule has 4 fully saturated rings. The molecule has 0 heterocycles. The fourth-order valence-corrected chi connectivity index (χ4v) is 4.88. The van der Waals surface area contributed by atoms with Crippen molar-refractivity contribution in [2.75, 3.05) is 13.9 Å². The molecule has 0 radical (unpaired) electrons. The Kier molecular flexibility index (Phi) is 3.48. The van der Waals surface area contributed by atoms with E-state index >= 15 is 0 Å². The Bertz CT molecular complexity index is 402. The van der Waals surface area contributed by atoms with Gasteiger partial charge in [-0.2, -0.15) is 0 Å². The van der Waals surface area contributed by atoms with Crippen LogP contribution in [0.5, 0.6) is 0 Å². The normalized spacial score (nSPS) is 41.5. The van der Waals surface area contributed by atoms with Crippen molar-refractivity contribution in [2.24, 2.45) is 23.2 Å². The molecule has 4 aliphatic rings. The van der Waals surface area contributed by atoms with Crippen molar-refractivity contribution in [3.8, 4) is 0 Å². The monoisotopic (exact) mass is 282 g/mol. The average Bonchev–Trinajstić information content (AvgIpc) is 2.39. The minimum atomic E-state index is -0.355. The Hall–Kier alpha value is -1.10. The van der Waals surface area contributed by atoms with Crippen molar-refractivity contribution in [1.29, 1.82) is 0 Å². The molecule has 5 nitrogen and oxygen atoms in total. The van der Waals surface area contributed by atoms with E-state index in [1.807, 2.05) is 0 Å². The van der Waals surface area contributed by atoms with Crippen molar-refractivity contribution in [3.05, 3.63) is 0 Å². The molecule has 0 N–H and O–H groups in total. The molecule has 0 spiro atoms. The van der Waals surface area contributed by atoms with Gasteiger partial charge in [-0.25, -0.2) is 0 Å². The van der Waals surface area contributed by atoms with Crippen LogP contribution in [0, 0.1) is 23.2 Å². The highest BCUT2D eigenvalue weighted by atomic mass is 16.7. The van der Waals surface area contributed by atoms with Gasteiger partial charge >= 0.3 is 11.9 Å². The van der Waals surface area contributed by atoms with Gasteiger partial charge in [0.1, 0.15) is 6.10 Å². The number of hydrogen-bond acceptors (Lipinski definition) is 5. The van der Waals surface area contributed by atoms with E-state index in [1.165, 1.54) is 14.0 Å². The molecule has 0 aromatic rings. The summed E-state index contributed by atoms with van der Waals surface area (Å²) in [7, 11) is 1.52. The van der Waals surface area contributed by atoms with Gasteiger partial charge < -0.3 is 14.2 Å². The Morgan fingerprint density at radius 2 is 1.80 bits per heavy atom. The van der Waals surface area contributed by atoms with Crippen molar-refractivity contribution >= 4 is 11.9 Å². The fourth-order valence-electron chi connectivity index (χ4n) is 4.88. The van der Waals surface area contributed by atoms with Gasteiger partial charge in [0.15, 0.2) is 6.79 Å². The lowest BCUT2D eigenvalue weighted by molar-refractivity contribution is -0.200. The molecule has 4 saturated carbocycles. The number of methoxy groups -OCH3 is 1. The van der Waals surface area contributed by atoms with E-state index in [0.29, 0.717) is 17.8 Å². The Labute approximate surface area is 118 Å². The van der Waals surface area contributed by atoms with Gasteiger partial charge in [0.25, 0.3) is 0 Å². The molecule has 4 rings (SSSR count). The predicted molar refractivity (Wildman–Crippen MR) is 69.5 cm³/mol. The van der Waals surface area contributed by atoms with Gasteiger partial charge in [0.05, 0.1) is 5.41 Å². The number of esters is 2. The van der Waals surface area contributed by atoms with E-state index in [0.717, 1.165) is 32.1 Å². The third-order valence-corrected chi connectivity index (χ3v) is 5.23. The van der Waals surface area contributed by atoms with Crippen LogP contribution < -0.4 is 0 Å². The minimum absolute atomic E-state index is 0.00685. The number of carbonyl (C=O) groups is 2. The highest BCUT2D eigenvalue weighted by molar-refractivity contribution is 5.77. The van der Waals surface area contributed by atoms with Crippen molar-refractivity contribution < 1.29 is 23.8 Å². The SMILES string of the molecule is COCOC(=O)C12CC3CC(C1)C(OC(C)=O)C(C3)C2. The van der Waals surface area contributed by atoms with E-state index in [4.69, 9.17) is 14.2 Å².